The van der Waals surface area contributed by atoms with Crippen molar-refractivity contribution in [3.05, 3.63) is 89.9 Å². The summed E-state index contributed by atoms with van der Waals surface area (Å²) in [5.74, 6) is -0.0163. The summed E-state index contributed by atoms with van der Waals surface area (Å²) in [6, 6.07) is 16.9. The Bertz CT molecular complexity index is 1490. The van der Waals surface area contributed by atoms with Crippen LogP contribution in [0.25, 0.3) is 39.6 Å². The smallest absolute Gasteiger partial charge is 0.171 e. The summed E-state index contributed by atoms with van der Waals surface area (Å²) >= 11 is 0. The Morgan fingerprint density at radius 1 is 0.938 bits per heavy atom. The van der Waals surface area contributed by atoms with Crippen LogP contribution in [0, 0.1) is 11.2 Å². The van der Waals surface area contributed by atoms with Gasteiger partial charge in [0.15, 0.2) is 17.0 Å². The number of aliphatic hydroxyl groups is 1. The lowest BCUT2D eigenvalue weighted by Gasteiger charge is -2.11. The van der Waals surface area contributed by atoms with Gasteiger partial charge in [-0.2, -0.15) is 4.73 Å². The Labute approximate surface area is 181 Å². The van der Waals surface area contributed by atoms with Crippen LogP contribution < -0.4 is 5.49 Å². The summed E-state index contributed by atoms with van der Waals surface area (Å²) in [4.78, 5) is 13.5. The van der Waals surface area contributed by atoms with E-state index in [1.54, 1.807) is 47.0 Å². The number of imidazole rings is 1. The molecule has 0 bridgehead atoms. The summed E-state index contributed by atoms with van der Waals surface area (Å²) in [6.07, 6.45) is 2.50. The largest absolute Gasteiger partial charge is 0.427 e. The molecule has 5 rings (SSSR count). The SMILES string of the molecule is N=c1c(-c2nc3ccc(-c4ccc(F)cn4)nc3n2-c2ccc(CO)cc2)cccn1O. The molecule has 0 unspecified atom stereocenters. The van der Waals surface area contributed by atoms with Crippen LogP contribution in [0.5, 0.6) is 0 Å². The second kappa shape index (κ2) is 7.71. The molecule has 0 amide bonds. The molecule has 0 aliphatic rings. The molecule has 4 heterocycles. The van der Waals surface area contributed by atoms with Gasteiger partial charge in [-0.3, -0.25) is 15.0 Å². The summed E-state index contributed by atoms with van der Waals surface area (Å²) in [7, 11) is 0. The Morgan fingerprint density at radius 2 is 1.72 bits per heavy atom. The van der Waals surface area contributed by atoms with Gasteiger partial charge in [0, 0.05) is 11.9 Å². The lowest BCUT2D eigenvalue weighted by atomic mass is 10.2. The van der Waals surface area contributed by atoms with E-state index in [1.165, 1.54) is 12.3 Å². The fraction of sp³-hybridized carbons (Fsp3) is 0.0435. The molecular weight excluding hydrogens is 411 g/mol. The first-order valence-corrected chi connectivity index (χ1v) is 9.72. The third-order valence-corrected chi connectivity index (χ3v) is 5.09. The monoisotopic (exact) mass is 428 g/mol. The molecule has 4 aromatic heterocycles. The van der Waals surface area contributed by atoms with E-state index < -0.39 is 5.82 Å². The van der Waals surface area contributed by atoms with Gasteiger partial charge in [0.05, 0.1) is 29.8 Å². The summed E-state index contributed by atoms with van der Waals surface area (Å²) < 4.78 is 15.8. The van der Waals surface area contributed by atoms with E-state index in [2.05, 4.69) is 9.97 Å². The maximum Gasteiger partial charge on any atom is 0.171 e. The number of hydrogen-bond donors (Lipinski definition) is 3. The number of benzene rings is 1. The second-order valence-corrected chi connectivity index (χ2v) is 7.11. The van der Waals surface area contributed by atoms with Crippen molar-refractivity contribution in [1.82, 2.24) is 24.2 Å². The molecule has 158 valence electrons. The lowest BCUT2D eigenvalue weighted by molar-refractivity contribution is 0.171. The number of fused-ring (bicyclic) bond motifs is 1. The molecule has 0 aliphatic carbocycles. The van der Waals surface area contributed by atoms with Gasteiger partial charge in [-0.15, -0.1) is 0 Å². The topological polar surface area (TPSA) is 113 Å². The molecule has 3 N–H and O–H groups in total. The van der Waals surface area contributed by atoms with Gasteiger partial charge in [-0.1, -0.05) is 12.1 Å². The molecule has 0 saturated heterocycles. The van der Waals surface area contributed by atoms with Crippen LogP contribution in [-0.2, 0) is 6.61 Å². The zero-order valence-electron chi connectivity index (χ0n) is 16.6. The van der Waals surface area contributed by atoms with Crippen molar-refractivity contribution >= 4 is 11.2 Å². The van der Waals surface area contributed by atoms with Gasteiger partial charge in [-0.05, 0) is 54.1 Å². The number of halogens is 1. The Balaban J connectivity index is 1.79. The molecule has 32 heavy (non-hydrogen) atoms. The van der Waals surface area contributed by atoms with E-state index in [9.17, 15) is 14.7 Å². The van der Waals surface area contributed by atoms with Crippen molar-refractivity contribution < 1.29 is 14.7 Å². The van der Waals surface area contributed by atoms with E-state index in [1.807, 2.05) is 12.1 Å². The minimum atomic E-state index is -0.435. The molecule has 1 aromatic carbocycles. The zero-order chi connectivity index (χ0) is 22.2. The van der Waals surface area contributed by atoms with Crippen molar-refractivity contribution in [2.24, 2.45) is 0 Å². The highest BCUT2D eigenvalue weighted by molar-refractivity contribution is 5.82. The average Bonchev–Trinajstić information content (AvgIpc) is 3.20. The van der Waals surface area contributed by atoms with Crippen molar-refractivity contribution in [3.8, 4) is 28.5 Å². The Morgan fingerprint density at radius 3 is 2.44 bits per heavy atom. The van der Waals surface area contributed by atoms with E-state index in [-0.39, 0.29) is 12.1 Å². The van der Waals surface area contributed by atoms with Gasteiger partial charge in [0.1, 0.15) is 11.3 Å². The molecule has 0 radical (unpaired) electrons. The van der Waals surface area contributed by atoms with E-state index in [4.69, 9.17) is 10.4 Å². The van der Waals surface area contributed by atoms with Crippen LogP contribution in [0.15, 0.2) is 73.1 Å². The van der Waals surface area contributed by atoms with Gasteiger partial charge >= 0.3 is 0 Å². The van der Waals surface area contributed by atoms with E-state index in [0.717, 1.165) is 16.5 Å². The Hall–Kier alpha value is -4.37. The van der Waals surface area contributed by atoms with Crippen LogP contribution in [0.1, 0.15) is 5.56 Å². The number of nitrogens with one attached hydrogen (secondary N) is 1. The first-order chi connectivity index (χ1) is 15.5. The molecule has 0 atom stereocenters. The number of pyridine rings is 3. The van der Waals surface area contributed by atoms with Gasteiger partial charge in [0.25, 0.3) is 0 Å². The molecule has 8 nitrogen and oxygen atoms in total. The molecule has 0 fully saturated rings. The van der Waals surface area contributed by atoms with E-state index >= 15 is 0 Å². The highest BCUT2D eigenvalue weighted by atomic mass is 19.1. The maximum atomic E-state index is 13.3. The normalized spacial score (nSPS) is 11.2. The van der Waals surface area contributed by atoms with Gasteiger partial charge < -0.3 is 10.3 Å². The van der Waals surface area contributed by atoms with Crippen molar-refractivity contribution in [2.75, 3.05) is 0 Å². The number of aliphatic hydroxyl groups excluding tert-OH is 1. The fourth-order valence-corrected chi connectivity index (χ4v) is 3.48. The predicted molar refractivity (Wildman–Crippen MR) is 114 cm³/mol. The highest BCUT2D eigenvalue weighted by Crippen LogP contribution is 2.28. The van der Waals surface area contributed by atoms with Crippen LogP contribution in [0.3, 0.4) is 0 Å². The quantitative estimate of drug-likeness (QED) is 0.380. The molecule has 0 saturated carbocycles. The predicted octanol–water partition coefficient (Wildman–Crippen LogP) is 3.30. The first-order valence-electron chi connectivity index (χ1n) is 9.72. The average molecular weight is 428 g/mol. The maximum absolute atomic E-state index is 13.3. The van der Waals surface area contributed by atoms with Crippen LogP contribution >= 0.6 is 0 Å². The van der Waals surface area contributed by atoms with Crippen LogP contribution in [0.2, 0.25) is 0 Å². The van der Waals surface area contributed by atoms with Crippen LogP contribution in [-0.4, -0.2) is 34.6 Å². The minimum absolute atomic E-state index is 0.0868. The van der Waals surface area contributed by atoms with E-state index in [0.29, 0.717) is 39.6 Å². The van der Waals surface area contributed by atoms with Crippen molar-refractivity contribution in [2.45, 2.75) is 6.61 Å². The number of rotatable bonds is 4. The third kappa shape index (κ3) is 3.30. The number of aromatic nitrogens is 5. The van der Waals surface area contributed by atoms with Gasteiger partial charge in [-0.25, -0.2) is 14.4 Å². The molecular formula is C23H17FN6O2. The number of nitrogens with zero attached hydrogens (tertiary/aromatic N) is 5. The van der Waals surface area contributed by atoms with Crippen LogP contribution in [0.4, 0.5) is 4.39 Å². The van der Waals surface area contributed by atoms with Gasteiger partial charge in [0.2, 0.25) is 0 Å². The van der Waals surface area contributed by atoms with Crippen molar-refractivity contribution in [3.63, 3.8) is 0 Å². The summed E-state index contributed by atoms with van der Waals surface area (Å²) in [5.41, 5.74) is 3.86. The minimum Gasteiger partial charge on any atom is -0.427 e. The number of hydrogen-bond acceptors (Lipinski definition) is 6. The lowest BCUT2D eigenvalue weighted by Crippen LogP contribution is -2.20. The second-order valence-electron chi connectivity index (χ2n) is 7.11. The molecule has 5 aromatic rings. The molecule has 0 aliphatic heterocycles. The summed E-state index contributed by atoms with van der Waals surface area (Å²) in [6.45, 7) is -0.0868. The third-order valence-electron chi connectivity index (χ3n) is 5.09. The standard InChI is InChI=1S/C23H17FN6O2/c24-15-5-8-18(26-12-15)19-9-10-20-23(27-19)30(16-6-3-14(13-31)4-7-16)22(28-20)17-2-1-11-29(32)21(17)25/h1-12,25,31-32H,13H2. The van der Waals surface area contributed by atoms with Crippen molar-refractivity contribution in [1.29, 1.82) is 5.41 Å². The molecule has 9 heteroatoms. The Kier molecular flexibility index (Phi) is 4.72. The highest BCUT2D eigenvalue weighted by Gasteiger charge is 2.18. The first kappa shape index (κ1) is 19.6. The summed E-state index contributed by atoms with van der Waals surface area (Å²) in [5, 5.41) is 27.7. The fourth-order valence-electron chi connectivity index (χ4n) is 3.48. The zero-order valence-corrected chi connectivity index (χ0v) is 16.6. The molecule has 0 spiro atoms.